The minimum Gasteiger partial charge on any atom is -0.370 e. The van der Waals surface area contributed by atoms with Gasteiger partial charge in [0, 0.05) is 38.6 Å². The molecule has 0 bridgehead atoms. The summed E-state index contributed by atoms with van der Waals surface area (Å²) >= 11 is 0. The molecule has 0 N–H and O–H groups in total. The molecular weight excluding hydrogens is 428 g/mol. The number of benzene rings is 1. The molecule has 0 spiro atoms. The fraction of sp³-hybridized carbons (Fsp3) is 0.481. The number of carbonyl (C=O) groups is 3. The molecule has 3 aliphatic rings. The highest BCUT2D eigenvalue weighted by molar-refractivity contribution is 6.23. The van der Waals surface area contributed by atoms with E-state index in [-0.39, 0.29) is 30.2 Å². The lowest BCUT2D eigenvalue weighted by molar-refractivity contribution is -0.136. The molecule has 1 unspecified atom stereocenters. The van der Waals surface area contributed by atoms with Gasteiger partial charge in [-0.15, -0.1) is 0 Å². The average Bonchev–Trinajstić information content (AvgIpc) is 3.66. The van der Waals surface area contributed by atoms with Gasteiger partial charge in [-0.25, -0.2) is 0 Å². The van der Waals surface area contributed by atoms with Gasteiger partial charge >= 0.3 is 0 Å². The summed E-state index contributed by atoms with van der Waals surface area (Å²) in [4.78, 5) is 49.4. The third-order valence-electron chi connectivity index (χ3n) is 7.16. The highest BCUT2D eigenvalue weighted by Gasteiger charge is 2.40. The van der Waals surface area contributed by atoms with Crippen LogP contribution >= 0.6 is 0 Å². The number of fused-ring (bicyclic) bond motifs is 1. The number of carbonyl (C=O) groups excluding carboxylic acids is 3. The topological polar surface area (TPSA) is 73.8 Å². The summed E-state index contributed by atoms with van der Waals surface area (Å²) in [7, 11) is 0. The van der Waals surface area contributed by atoms with Crippen molar-refractivity contribution in [2.24, 2.45) is 11.8 Å². The second kappa shape index (κ2) is 9.57. The highest BCUT2D eigenvalue weighted by atomic mass is 16.2. The molecule has 2 aliphatic heterocycles. The van der Waals surface area contributed by atoms with Crippen molar-refractivity contribution in [3.63, 3.8) is 0 Å². The van der Waals surface area contributed by atoms with Crippen molar-refractivity contribution in [1.82, 2.24) is 14.8 Å². The van der Waals surface area contributed by atoms with E-state index in [2.05, 4.69) is 21.7 Å². The van der Waals surface area contributed by atoms with E-state index in [4.69, 9.17) is 0 Å². The van der Waals surface area contributed by atoms with Gasteiger partial charge < -0.3 is 9.80 Å². The molecule has 178 valence electrons. The fourth-order valence-electron chi connectivity index (χ4n) is 5.22. The third-order valence-corrected chi connectivity index (χ3v) is 7.16. The molecule has 1 saturated heterocycles. The monoisotopic (exact) mass is 460 g/mol. The lowest BCUT2D eigenvalue weighted by atomic mass is 9.94. The van der Waals surface area contributed by atoms with Gasteiger partial charge in [0.25, 0.3) is 11.8 Å². The number of imide groups is 1. The summed E-state index contributed by atoms with van der Waals surface area (Å²) in [5.41, 5.74) is 2.56. The van der Waals surface area contributed by atoms with Crippen LogP contribution in [-0.2, 0) is 11.3 Å². The molecule has 1 aromatic carbocycles. The average molecular weight is 461 g/mol. The van der Waals surface area contributed by atoms with Gasteiger partial charge in [0.1, 0.15) is 0 Å². The number of hydrogen-bond donors (Lipinski definition) is 0. The van der Waals surface area contributed by atoms with Crippen molar-refractivity contribution < 1.29 is 14.4 Å². The van der Waals surface area contributed by atoms with E-state index < -0.39 is 0 Å². The fourth-order valence-corrected chi connectivity index (χ4v) is 5.22. The zero-order valence-electron chi connectivity index (χ0n) is 19.8. The van der Waals surface area contributed by atoms with Crippen molar-refractivity contribution in [2.75, 3.05) is 31.1 Å². The number of amides is 3. The van der Waals surface area contributed by atoms with Crippen molar-refractivity contribution >= 4 is 23.4 Å². The Kier molecular flexibility index (Phi) is 6.35. The summed E-state index contributed by atoms with van der Waals surface area (Å²) in [5, 5.41) is 0. The summed E-state index contributed by atoms with van der Waals surface area (Å²) in [5.74, 6) is 0.314. The Morgan fingerprint density at radius 1 is 1.09 bits per heavy atom. The number of rotatable bonds is 8. The second-order valence-electron chi connectivity index (χ2n) is 9.76. The van der Waals surface area contributed by atoms with Crippen LogP contribution in [0.5, 0.6) is 0 Å². The van der Waals surface area contributed by atoms with Crippen LogP contribution in [0.15, 0.2) is 42.7 Å². The standard InChI is InChI=1S/C27H32N4O3/c1-2-14-30(16-19-8-9-19)25(32)21-5-4-15-29(18-21)23-7-3-6-22-24(23)27(34)31(26(22)33)17-20-10-12-28-13-11-20/h3,6-7,10-13,19,21H,2,4-5,8-9,14-18H2,1H3. The van der Waals surface area contributed by atoms with E-state index in [0.717, 1.165) is 50.1 Å². The van der Waals surface area contributed by atoms with E-state index in [0.29, 0.717) is 23.6 Å². The second-order valence-corrected chi connectivity index (χ2v) is 9.76. The van der Waals surface area contributed by atoms with Crippen LogP contribution < -0.4 is 4.90 Å². The molecule has 1 saturated carbocycles. The first-order chi connectivity index (χ1) is 16.6. The molecule has 34 heavy (non-hydrogen) atoms. The van der Waals surface area contributed by atoms with Gasteiger partial charge in [0.05, 0.1) is 29.3 Å². The third kappa shape index (κ3) is 4.43. The van der Waals surface area contributed by atoms with E-state index in [1.165, 1.54) is 17.7 Å². The van der Waals surface area contributed by atoms with Crippen molar-refractivity contribution in [3.05, 3.63) is 59.4 Å². The molecule has 7 heteroatoms. The lowest BCUT2D eigenvalue weighted by Gasteiger charge is -2.37. The number of nitrogens with zero attached hydrogens (tertiary/aromatic N) is 4. The van der Waals surface area contributed by atoms with E-state index in [1.54, 1.807) is 18.5 Å². The van der Waals surface area contributed by atoms with Gasteiger partial charge in [-0.05, 0) is 67.9 Å². The Morgan fingerprint density at radius 3 is 2.62 bits per heavy atom. The molecule has 7 nitrogen and oxygen atoms in total. The van der Waals surface area contributed by atoms with Crippen LogP contribution in [0, 0.1) is 11.8 Å². The smallest absolute Gasteiger partial charge is 0.263 e. The van der Waals surface area contributed by atoms with Gasteiger partial charge in [-0.3, -0.25) is 24.3 Å². The van der Waals surface area contributed by atoms with Gasteiger partial charge in [-0.1, -0.05) is 13.0 Å². The number of anilines is 1. The maximum Gasteiger partial charge on any atom is 0.263 e. The summed E-state index contributed by atoms with van der Waals surface area (Å²) in [6.07, 6.45) is 8.51. The van der Waals surface area contributed by atoms with Crippen LogP contribution in [0.25, 0.3) is 0 Å². The zero-order chi connectivity index (χ0) is 23.7. The molecule has 0 radical (unpaired) electrons. The molecular formula is C27H32N4O3. The van der Waals surface area contributed by atoms with Crippen molar-refractivity contribution in [2.45, 2.75) is 45.6 Å². The lowest BCUT2D eigenvalue weighted by Crippen LogP contribution is -2.46. The summed E-state index contributed by atoms with van der Waals surface area (Å²) < 4.78 is 0. The first kappa shape index (κ1) is 22.6. The van der Waals surface area contributed by atoms with E-state index >= 15 is 0 Å². The maximum absolute atomic E-state index is 13.4. The summed E-state index contributed by atoms with van der Waals surface area (Å²) in [6, 6.07) is 9.12. The van der Waals surface area contributed by atoms with Crippen molar-refractivity contribution in [3.8, 4) is 0 Å². The molecule has 5 rings (SSSR count). The predicted octanol–water partition coefficient (Wildman–Crippen LogP) is 3.74. The first-order valence-corrected chi connectivity index (χ1v) is 12.5. The van der Waals surface area contributed by atoms with Crippen molar-refractivity contribution in [1.29, 1.82) is 0 Å². The van der Waals surface area contributed by atoms with Crippen LogP contribution in [0.2, 0.25) is 0 Å². The minimum atomic E-state index is -0.262. The quantitative estimate of drug-likeness (QED) is 0.561. The number of piperidine rings is 1. The largest absolute Gasteiger partial charge is 0.370 e. The summed E-state index contributed by atoms with van der Waals surface area (Å²) in [6.45, 7) is 5.40. The van der Waals surface area contributed by atoms with Crippen LogP contribution in [0.4, 0.5) is 5.69 Å². The Hall–Kier alpha value is -3.22. The van der Waals surface area contributed by atoms with Crippen LogP contribution in [0.1, 0.15) is 65.3 Å². The Bertz CT molecular complexity index is 1080. The number of aromatic nitrogens is 1. The van der Waals surface area contributed by atoms with Gasteiger partial charge in [-0.2, -0.15) is 0 Å². The Morgan fingerprint density at radius 2 is 1.88 bits per heavy atom. The van der Waals surface area contributed by atoms with Gasteiger partial charge in [0.2, 0.25) is 5.91 Å². The Balaban J connectivity index is 1.36. The highest BCUT2D eigenvalue weighted by Crippen LogP contribution is 2.35. The minimum absolute atomic E-state index is 0.0740. The number of hydrogen-bond acceptors (Lipinski definition) is 5. The molecule has 1 aliphatic carbocycles. The van der Waals surface area contributed by atoms with E-state index in [1.807, 2.05) is 24.3 Å². The van der Waals surface area contributed by atoms with Gasteiger partial charge in [0.15, 0.2) is 0 Å². The van der Waals surface area contributed by atoms with Crippen LogP contribution in [-0.4, -0.2) is 58.7 Å². The first-order valence-electron chi connectivity index (χ1n) is 12.5. The SMILES string of the molecule is CCCN(CC1CC1)C(=O)C1CCCN(c2cccc3c2C(=O)N(Cc2ccncc2)C3=O)C1. The normalized spacial score (nSPS) is 20.0. The van der Waals surface area contributed by atoms with Crippen LogP contribution in [0.3, 0.4) is 0 Å². The zero-order valence-corrected chi connectivity index (χ0v) is 19.8. The van der Waals surface area contributed by atoms with E-state index in [9.17, 15) is 14.4 Å². The molecule has 1 aromatic heterocycles. The molecule has 3 amide bonds. The predicted molar refractivity (Wildman–Crippen MR) is 129 cm³/mol. The molecule has 1 atom stereocenters. The molecule has 2 fully saturated rings. The number of pyridine rings is 1. The Labute approximate surface area is 200 Å². The molecule has 3 heterocycles. The molecule has 2 aromatic rings. The maximum atomic E-state index is 13.4.